The molecule has 0 atom stereocenters. The molecule has 31 heavy (non-hydrogen) atoms. The summed E-state index contributed by atoms with van der Waals surface area (Å²) in [7, 11) is 0. The quantitative estimate of drug-likeness (QED) is 0.452. The minimum Gasteiger partial charge on any atom is -0.493 e. The predicted molar refractivity (Wildman–Crippen MR) is 124 cm³/mol. The lowest BCUT2D eigenvalue weighted by molar-refractivity contribution is 0.0951. The van der Waals surface area contributed by atoms with Crippen LogP contribution in [-0.4, -0.2) is 25.0 Å². The Morgan fingerprint density at radius 3 is 2.35 bits per heavy atom. The van der Waals surface area contributed by atoms with Crippen LogP contribution in [0.2, 0.25) is 0 Å². The summed E-state index contributed by atoms with van der Waals surface area (Å²) < 4.78 is 5.77. The Morgan fingerprint density at radius 1 is 0.839 bits per heavy atom. The van der Waals surface area contributed by atoms with Gasteiger partial charge in [-0.1, -0.05) is 49.7 Å². The predicted octanol–water partition coefficient (Wildman–Crippen LogP) is 5.09. The monoisotopic (exact) mass is 416 g/mol. The Labute approximate surface area is 183 Å². The second-order valence-electron chi connectivity index (χ2n) is 7.25. The fourth-order valence-corrected chi connectivity index (χ4v) is 3.06. The van der Waals surface area contributed by atoms with Crippen molar-refractivity contribution in [2.24, 2.45) is 0 Å². The molecule has 5 heteroatoms. The van der Waals surface area contributed by atoms with E-state index in [2.05, 4.69) is 29.7 Å². The van der Waals surface area contributed by atoms with Gasteiger partial charge in [-0.2, -0.15) is 0 Å². The largest absolute Gasteiger partial charge is 0.493 e. The van der Waals surface area contributed by atoms with Crippen LogP contribution < -0.4 is 15.4 Å². The molecule has 0 saturated heterocycles. The van der Waals surface area contributed by atoms with Crippen LogP contribution in [0.3, 0.4) is 0 Å². The van der Waals surface area contributed by atoms with Gasteiger partial charge in [-0.15, -0.1) is 0 Å². The van der Waals surface area contributed by atoms with Gasteiger partial charge in [0.05, 0.1) is 6.61 Å². The van der Waals surface area contributed by atoms with Gasteiger partial charge in [-0.3, -0.25) is 9.59 Å². The summed E-state index contributed by atoms with van der Waals surface area (Å²) in [6, 6.07) is 24.1. The average Bonchev–Trinajstić information content (AvgIpc) is 2.80. The molecule has 3 rings (SSSR count). The SMILES string of the molecule is CCCCNC(=O)c1cccc(NC(=O)c2ccc(OCCc3ccccc3)cc2)c1. The van der Waals surface area contributed by atoms with Crippen molar-refractivity contribution in [1.29, 1.82) is 0 Å². The number of carbonyl (C=O) groups excluding carboxylic acids is 2. The molecule has 160 valence electrons. The first-order chi connectivity index (χ1) is 15.2. The second kappa shape index (κ2) is 11.6. The fourth-order valence-electron chi connectivity index (χ4n) is 3.06. The fraction of sp³-hybridized carbons (Fsp3) is 0.231. The summed E-state index contributed by atoms with van der Waals surface area (Å²) in [5, 5.41) is 5.73. The van der Waals surface area contributed by atoms with Gasteiger partial charge in [0.25, 0.3) is 11.8 Å². The number of rotatable bonds is 10. The Kier molecular flexibility index (Phi) is 8.23. The molecule has 0 aliphatic carbocycles. The molecule has 2 amide bonds. The summed E-state index contributed by atoms with van der Waals surface area (Å²) in [5.74, 6) is 0.346. The normalized spacial score (nSPS) is 10.4. The Balaban J connectivity index is 1.52. The molecule has 0 heterocycles. The molecule has 3 aromatic carbocycles. The molecule has 0 fully saturated rings. The number of hydrogen-bond donors (Lipinski definition) is 2. The third-order valence-corrected chi connectivity index (χ3v) is 4.82. The topological polar surface area (TPSA) is 67.4 Å². The van der Waals surface area contributed by atoms with Crippen molar-refractivity contribution in [2.75, 3.05) is 18.5 Å². The first-order valence-corrected chi connectivity index (χ1v) is 10.6. The second-order valence-corrected chi connectivity index (χ2v) is 7.25. The van der Waals surface area contributed by atoms with Crippen molar-refractivity contribution in [2.45, 2.75) is 26.2 Å². The Morgan fingerprint density at radius 2 is 1.61 bits per heavy atom. The first kappa shape index (κ1) is 22.1. The van der Waals surface area contributed by atoms with Gasteiger partial charge in [-0.05, 0) is 54.4 Å². The van der Waals surface area contributed by atoms with Crippen molar-refractivity contribution >= 4 is 17.5 Å². The van der Waals surface area contributed by atoms with E-state index < -0.39 is 0 Å². The Bertz CT molecular complexity index is 985. The molecule has 0 aromatic heterocycles. The molecule has 2 N–H and O–H groups in total. The van der Waals surface area contributed by atoms with E-state index in [9.17, 15) is 9.59 Å². The van der Waals surface area contributed by atoms with Crippen LogP contribution >= 0.6 is 0 Å². The van der Waals surface area contributed by atoms with Crippen molar-refractivity contribution < 1.29 is 14.3 Å². The highest BCUT2D eigenvalue weighted by molar-refractivity contribution is 6.05. The van der Waals surface area contributed by atoms with Crippen LogP contribution in [0, 0.1) is 0 Å². The number of amides is 2. The summed E-state index contributed by atoms with van der Waals surface area (Å²) in [5.41, 5.74) is 2.85. The maximum absolute atomic E-state index is 12.6. The van der Waals surface area contributed by atoms with Crippen LogP contribution in [0.25, 0.3) is 0 Å². The molecule has 0 spiro atoms. The van der Waals surface area contributed by atoms with Crippen LogP contribution in [-0.2, 0) is 6.42 Å². The van der Waals surface area contributed by atoms with E-state index in [4.69, 9.17) is 4.74 Å². The highest BCUT2D eigenvalue weighted by Crippen LogP contribution is 2.16. The van der Waals surface area contributed by atoms with Crippen LogP contribution in [0.4, 0.5) is 5.69 Å². The molecular formula is C26H28N2O3. The summed E-state index contributed by atoms with van der Waals surface area (Å²) >= 11 is 0. The third kappa shape index (κ3) is 7.00. The standard InChI is InChI=1S/C26H28N2O3/c1-2-3-17-27-25(29)22-10-7-11-23(19-22)28-26(30)21-12-14-24(15-13-21)31-18-16-20-8-5-4-6-9-20/h4-15,19H,2-3,16-18H2,1H3,(H,27,29)(H,28,30). The molecule has 0 unspecified atom stereocenters. The van der Waals surface area contributed by atoms with E-state index >= 15 is 0 Å². The zero-order valence-electron chi connectivity index (χ0n) is 17.8. The molecule has 0 aliphatic rings. The van der Waals surface area contributed by atoms with E-state index in [-0.39, 0.29) is 11.8 Å². The summed E-state index contributed by atoms with van der Waals surface area (Å²) in [4.78, 5) is 24.8. The van der Waals surface area contributed by atoms with Gasteiger partial charge in [-0.25, -0.2) is 0 Å². The van der Waals surface area contributed by atoms with Crippen molar-refractivity contribution in [3.63, 3.8) is 0 Å². The van der Waals surface area contributed by atoms with Crippen LogP contribution in [0.1, 0.15) is 46.0 Å². The van der Waals surface area contributed by atoms with Crippen LogP contribution in [0.5, 0.6) is 5.75 Å². The molecular weight excluding hydrogens is 388 g/mol. The molecule has 0 bridgehead atoms. The number of nitrogens with one attached hydrogen (secondary N) is 2. The highest BCUT2D eigenvalue weighted by Gasteiger charge is 2.09. The van der Waals surface area contributed by atoms with Gasteiger partial charge in [0.15, 0.2) is 0 Å². The van der Waals surface area contributed by atoms with Crippen molar-refractivity contribution in [3.05, 3.63) is 95.6 Å². The smallest absolute Gasteiger partial charge is 0.255 e. The molecule has 0 saturated carbocycles. The van der Waals surface area contributed by atoms with Gasteiger partial charge >= 0.3 is 0 Å². The first-order valence-electron chi connectivity index (χ1n) is 10.6. The zero-order chi connectivity index (χ0) is 21.9. The van der Waals surface area contributed by atoms with Gasteiger partial charge in [0, 0.05) is 29.8 Å². The van der Waals surface area contributed by atoms with E-state index in [1.807, 2.05) is 18.2 Å². The van der Waals surface area contributed by atoms with E-state index in [0.717, 1.165) is 25.0 Å². The lowest BCUT2D eigenvalue weighted by Crippen LogP contribution is -2.24. The molecule has 3 aromatic rings. The van der Waals surface area contributed by atoms with Gasteiger partial charge in [0.1, 0.15) is 5.75 Å². The number of unbranched alkanes of at least 4 members (excludes halogenated alkanes) is 1. The van der Waals surface area contributed by atoms with Gasteiger partial charge in [0.2, 0.25) is 0 Å². The number of anilines is 1. The van der Waals surface area contributed by atoms with E-state index in [1.54, 1.807) is 48.5 Å². The van der Waals surface area contributed by atoms with Crippen molar-refractivity contribution in [3.8, 4) is 5.75 Å². The number of ether oxygens (including phenoxy) is 1. The maximum Gasteiger partial charge on any atom is 0.255 e. The van der Waals surface area contributed by atoms with Gasteiger partial charge < -0.3 is 15.4 Å². The average molecular weight is 417 g/mol. The summed E-state index contributed by atoms with van der Waals surface area (Å²) in [6.07, 6.45) is 2.78. The maximum atomic E-state index is 12.6. The molecule has 5 nitrogen and oxygen atoms in total. The third-order valence-electron chi connectivity index (χ3n) is 4.82. The Hall–Kier alpha value is -3.60. The minimum atomic E-state index is -0.237. The van der Waals surface area contributed by atoms with Crippen molar-refractivity contribution in [1.82, 2.24) is 5.32 Å². The molecule has 0 aliphatic heterocycles. The lowest BCUT2D eigenvalue weighted by atomic mass is 10.1. The summed E-state index contributed by atoms with van der Waals surface area (Å²) in [6.45, 7) is 3.29. The number of carbonyl (C=O) groups is 2. The lowest BCUT2D eigenvalue weighted by Gasteiger charge is -2.09. The molecule has 0 radical (unpaired) electrons. The van der Waals surface area contributed by atoms with E-state index in [1.165, 1.54) is 5.56 Å². The minimum absolute atomic E-state index is 0.137. The number of hydrogen-bond acceptors (Lipinski definition) is 3. The van der Waals surface area contributed by atoms with Crippen LogP contribution in [0.15, 0.2) is 78.9 Å². The van der Waals surface area contributed by atoms with E-state index in [0.29, 0.717) is 30.0 Å². The highest BCUT2D eigenvalue weighted by atomic mass is 16.5. The zero-order valence-corrected chi connectivity index (χ0v) is 17.8. The number of benzene rings is 3.